The lowest BCUT2D eigenvalue weighted by Gasteiger charge is -2.34. The van der Waals surface area contributed by atoms with E-state index >= 15 is 0 Å². The van der Waals surface area contributed by atoms with E-state index in [1.807, 2.05) is 35.2 Å². The van der Waals surface area contributed by atoms with Crippen LogP contribution in [0.5, 0.6) is 0 Å². The fourth-order valence-electron chi connectivity index (χ4n) is 3.83. The zero-order valence-electron chi connectivity index (χ0n) is 16.7. The van der Waals surface area contributed by atoms with E-state index in [2.05, 4.69) is 27.1 Å². The molecule has 30 heavy (non-hydrogen) atoms. The van der Waals surface area contributed by atoms with Gasteiger partial charge in [0.15, 0.2) is 5.13 Å². The van der Waals surface area contributed by atoms with Crippen molar-refractivity contribution in [2.45, 2.75) is 13.3 Å². The van der Waals surface area contributed by atoms with E-state index in [1.54, 1.807) is 23.6 Å². The number of carbonyl (C=O) groups is 2. The van der Waals surface area contributed by atoms with Gasteiger partial charge in [-0.25, -0.2) is 9.97 Å². The Morgan fingerprint density at radius 1 is 1.13 bits per heavy atom. The maximum Gasteiger partial charge on any atom is 0.254 e. The van der Waals surface area contributed by atoms with Crippen LogP contribution >= 0.6 is 11.3 Å². The Morgan fingerprint density at radius 2 is 1.93 bits per heavy atom. The zero-order valence-corrected chi connectivity index (χ0v) is 17.6. The van der Waals surface area contributed by atoms with Crippen molar-refractivity contribution in [2.24, 2.45) is 11.8 Å². The topological polar surface area (TPSA) is 78.4 Å². The van der Waals surface area contributed by atoms with E-state index in [0.29, 0.717) is 30.3 Å². The number of nitrogens with zero attached hydrogens (tertiary/aromatic N) is 4. The lowest BCUT2D eigenvalue weighted by Crippen LogP contribution is -2.48. The summed E-state index contributed by atoms with van der Waals surface area (Å²) in [6, 6.07) is 11.1. The van der Waals surface area contributed by atoms with E-state index in [1.165, 1.54) is 0 Å². The largest absolute Gasteiger partial charge is 0.344 e. The maximum atomic E-state index is 13.0. The molecule has 2 unspecified atom stereocenters. The van der Waals surface area contributed by atoms with Crippen molar-refractivity contribution in [1.82, 2.24) is 14.9 Å². The number of amides is 2. The van der Waals surface area contributed by atoms with Crippen LogP contribution in [0.15, 0.2) is 42.6 Å². The highest BCUT2D eigenvalue weighted by molar-refractivity contribution is 7.21. The van der Waals surface area contributed by atoms with Gasteiger partial charge in [0.1, 0.15) is 10.3 Å². The Balaban J connectivity index is 1.22. The first-order chi connectivity index (χ1) is 14.6. The second kappa shape index (κ2) is 7.68. The predicted molar refractivity (Wildman–Crippen MR) is 118 cm³/mol. The Morgan fingerprint density at radius 3 is 2.67 bits per heavy atom. The molecule has 154 valence electrons. The van der Waals surface area contributed by atoms with Crippen molar-refractivity contribution in [3.63, 3.8) is 0 Å². The zero-order chi connectivity index (χ0) is 20.7. The monoisotopic (exact) mass is 421 g/mol. The van der Waals surface area contributed by atoms with Crippen molar-refractivity contribution in [1.29, 1.82) is 0 Å². The van der Waals surface area contributed by atoms with Gasteiger partial charge in [0, 0.05) is 49.5 Å². The van der Waals surface area contributed by atoms with Crippen molar-refractivity contribution < 1.29 is 9.59 Å². The fraction of sp³-hybridized carbons (Fsp3) is 0.364. The van der Waals surface area contributed by atoms with Gasteiger partial charge in [-0.15, -0.1) is 0 Å². The number of hydrogen-bond acceptors (Lipinski definition) is 6. The first-order valence-corrected chi connectivity index (χ1v) is 11.1. The Bertz CT molecular complexity index is 1070. The number of carbonyl (C=O) groups excluding carboxylic acids is 2. The van der Waals surface area contributed by atoms with Gasteiger partial charge in [-0.05, 0) is 42.7 Å². The average molecular weight is 422 g/mol. The summed E-state index contributed by atoms with van der Waals surface area (Å²) in [5, 5.41) is 3.90. The molecule has 0 spiro atoms. The lowest BCUT2D eigenvalue weighted by atomic mass is 10.1. The molecule has 1 saturated heterocycles. The molecule has 1 N–H and O–H groups in total. The summed E-state index contributed by atoms with van der Waals surface area (Å²) in [6.07, 6.45) is 2.72. The average Bonchev–Trinajstić information content (AvgIpc) is 3.35. The normalized spacial score (nSPS) is 21.0. The molecule has 8 heteroatoms. The van der Waals surface area contributed by atoms with Gasteiger partial charge in [-0.2, -0.15) is 0 Å². The number of piperazine rings is 1. The molecule has 2 fully saturated rings. The first-order valence-electron chi connectivity index (χ1n) is 10.3. The van der Waals surface area contributed by atoms with E-state index in [0.717, 1.165) is 35.0 Å². The first kappa shape index (κ1) is 19.0. The number of aromatic nitrogens is 2. The fourth-order valence-corrected chi connectivity index (χ4v) is 4.79. The van der Waals surface area contributed by atoms with Crippen LogP contribution in [0.2, 0.25) is 0 Å². The quantitative estimate of drug-likeness (QED) is 0.700. The molecule has 0 radical (unpaired) electrons. The van der Waals surface area contributed by atoms with Gasteiger partial charge < -0.3 is 15.1 Å². The van der Waals surface area contributed by atoms with Crippen LogP contribution < -0.4 is 10.2 Å². The third-order valence-corrected chi connectivity index (χ3v) is 6.86. The van der Waals surface area contributed by atoms with Crippen LogP contribution in [0.1, 0.15) is 23.7 Å². The summed E-state index contributed by atoms with van der Waals surface area (Å²) in [6.45, 7) is 4.83. The molecule has 1 aromatic carbocycles. The summed E-state index contributed by atoms with van der Waals surface area (Å²) < 4.78 is 0. The highest BCUT2D eigenvalue weighted by Gasteiger charge is 2.39. The minimum Gasteiger partial charge on any atom is -0.344 e. The van der Waals surface area contributed by atoms with Crippen LogP contribution in [0.25, 0.3) is 10.3 Å². The van der Waals surface area contributed by atoms with Gasteiger partial charge in [0.05, 0.1) is 0 Å². The van der Waals surface area contributed by atoms with Crippen molar-refractivity contribution in [3.05, 3.63) is 48.2 Å². The van der Waals surface area contributed by atoms with E-state index < -0.39 is 0 Å². The molecule has 2 atom stereocenters. The highest BCUT2D eigenvalue weighted by Crippen LogP contribution is 2.38. The second-order valence-electron chi connectivity index (χ2n) is 7.99. The molecule has 1 aliphatic heterocycles. The second-order valence-corrected chi connectivity index (χ2v) is 8.95. The number of nitrogens with one attached hydrogen (secondary N) is 1. The molecule has 0 bridgehead atoms. The van der Waals surface area contributed by atoms with Crippen LogP contribution in [-0.2, 0) is 4.79 Å². The van der Waals surface area contributed by atoms with Crippen LogP contribution in [0.4, 0.5) is 10.8 Å². The van der Waals surface area contributed by atoms with Gasteiger partial charge in [0.25, 0.3) is 5.91 Å². The number of pyridine rings is 1. The summed E-state index contributed by atoms with van der Waals surface area (Å²) >= 11 is 1.58. The van der Waals surface area contributed by atoms with Crippen molar-refractivity contribution >= 4 is 44.3 Å². The van der Waals surface area contributed by atoms with E-state index in [-0.39, 0.29) is 17.7 Å². The summed E-state index contributed by atoms with van der Waals surface area (Å²) in [5.74, 6) is 0.606. The molecule has 1 saturated carbocycles. The van der Waals surface area contributed by atoms with Crippen LogP contribution in [-0.4, -0.2) is 52.9 Å². The van der Waals surface area contributed by atoms with Gasteiger partial charge in [-0.1, -0.05) is 24.3 Å². The summed E-state index contributed by atoms with van der Waals surface area (Å²) in [7, 11) is 0. The molecule has 2 aliphatic rings. The van der Waals surface area contributed by atoms with Crippen LogP contribution in [0, 0.1) is 11.8 Å². The third-order valence-electron chi connectivity index (χ3n) is 5.82. The molecule has 3 heterocycles. The molecule has 5 rings (SSSR count). The Hall–Kier alpha value is -3.00. The molecule has 3 aromatic rings. The molecular weight excluding hydrogens is 398 g/mol. The SMILES string of the molecule is CC1CC1C(=O)Nc1cccc(C(=O)N2CCN(c3nc4cccnc4s3)CC2)c1. The van der Waals surface area contributed by atoms with E-state index in [4.69, 9.17) is 0 Å². The lowest BCUT2D eigenvalue weighted by molar-refractivity contribution is -0.117. The minimum atomic E-state index is -0.00324. The van der Waals surface area contributed by atoms with Gasteiger partial charge >= 0.3 is 0 Å². The third kappa shape index (κ3) is 3.75. The van der Waals surface area contributed by atoms with Crippen LogP contribution in [0.3, 0.4) is 0 Å². The number of benzene rings is 1. The molecular formula is C22H23N5O2S. The maximum absolute atomic E-state index is 13.0. The summed E-state index contributed by atoms with van der Waals surface area (Å²) in [5.41, 5.74) is 2.20. The van der Waals surface area contributed by atoms with Gasteiger partial charge in [-0.3, -0.25) is 9.59 Å². The Labute approximate surface area is 178 Å². The van der Waals surface area contributed by atoms with Gasteiger partial charge in [0.2, 0.25) is 5.91 Å². The molecule has 2 amide bonds. The molecule has 1 aliphatic carbocycles. The van der Waals surface area contributed by atoms with Crippen molar-refractivity contribution in [2.75, 3.05) is 36.4 Å². The Kier molecular flexibility index (Phi) is 4.86. The highest BCUT2D eigenvalue weighted by atomic mass is 32.1. The number of rotatable bonds is 4. The predicted octanol–water partition coefficient (Wildman–Crippen LogP) is 3.25. The summed E-state index contributed by atoms with van der Waals surface area (Å²) in [4.78, 5) is 39.2. The van der Waals surface area contributed by atoms with Crippen molar-refractivity contribution in [3.8, 4) is 0 Å². The molecule has 7 nitrogen and oxygen atoms in total. The molecule has 2 aromatic heterocycles. The number of hydrogen-bond donors (Lipinski definition) is 1. The minimum absolute atomic E-state index is 0.00324. The smallest absolute Gasteiger partial charge is 0.254 e. The standard InChI is InChI=1S/C22H23N5O2S/c1-14-12-17(14)19(28)24-16-5-2-4-15(13-16)21(29)26-8-10-27(11-9-26)22-25-18-6-3-7-23-20(18)30-22/h2-7,13-14,17H,8-12H2,1H3,(H,24,28). The number of thiazole rings is 1. The van der Waals surface area contributed by atoms with E-state index in [9.17, 15) is 9.59 Å². The number of fused-ring (bicyclic) bond motifs is 1. The number of anilines is 2.